The lowest BCUT2D eigenvalue weighted by molar-refractivity contribution is 0.251. The van der Waals surface area contributed by atoms with Gasteiger partial charge in [-0.05, 0) is 19.3 Å². The van der Waals surface area contributed by atoms with Crippen LogP contribution < -0.4 is 5.32 Å². The van der Waals surface area contributed by atoms with Crippen LogP contribution in [0.15, 0.2) is 0 Å². The molecule has 1 heterocycles. The Morgan fingerprint density at radius 1 is 1.44 bits per heavy atom. The molecule has 2 N–H and O–H groups in total. The highest BCUT2D eigenvalue weighted by atomic mass is 16.3. The van der Waals surface area contributed by atoms with Crippen LogP contribution in [0.1, 0.15) is 26.2 Å². The maximum Gasteiger partial charge on any atom is 0.0584 e. The average Bonchev–Trinajstić information content (AvgIpc) is 2.34. The van der Waals surface area contributed by atoms with Gasteiger partial charge in [0.05, 0.1) is 6.61 Å². The van der Waals surface area contributed by atoms with E-state index in [1.165, 1.54) is 12.8 Å². The highest BCUT2D eigenvalue weighted by Gasteiger charge is 2.20. The Bertz CT molecular complexity index is 75.0. The SMILES string of the molecule is CC[C@@H]1CCC(CO)N1. The molecule has 1 fully saturated rings. The van der Waals surface area contributed by atoms with Gasteiger partial charge in [-0.25, -0.2) is 0 Å². The summed E-state index contributed by atoms with van der Waals surface area (Å²) in [6, 6.07) is 1.05. The molecule has 0 saturated carbocycles. The van der Waals surface area contributed by atoms with Crippen LogP contribution in [-0.4, -0.2) is 23.8 Å². The van der Waals surface area contributed by atoms with Crippen LogP contribution >= 0.6 is 0 Å². The standard InChI is InChI=1S/C7H15NO/c1-2-6-3-4-7(5-9)8-6/h6-9H,2-5H2,1H3/t6-,7?/m1/s1. The Kier molecular flexibility index (Phi) is 2.49. The Hall–Kier alpha value is -0.0800. The smallest absolute Gasteiger partial charge is 0.0584 e. The van der Waals surface area contributed by atoms with Crippen molar-refractivity contribution in [2.75, 3.05) is 6.61 Å². The summed E-state index contributed by atoms with van der Waals surface area (Å²) in [5, 5.41) is 12.1. The summed E-state index contributed by atoms with van der Waals surface area (Å²) in [4.78, 5) is 0. The number of rotatable bonds is 2. The first-order chi connectivity index (χ1) is 4.36. The predicted octanol–water partition coefficient (Wildman–Crippen LogP) is 0.509. The lowest BCUT2D eigenvalue weighted by Crippen LogP contribution is -2.31. The minimum absolute atomic E-state index is 0.302. The van der Waals surface area contributed by atoms with Gasteiger partial charge in [-0.3, -0.25) is 0 Å². The van der Waals surface area contributed by atoms with E-state index in [9.17, 15) is 0 Å². The fourth-order valence-electron chi connectivity index (χ4n) is 1.37. The number of hydrogen-bond donors (Lipinski definition) is 2. The molecule has 2 nitrogen and oxygen atoms in total. The normalized spacial score (nSPS) is 35.3. The van der Waals surface area contributed by atoms with Gasteiger partial charge < -0.3 is 10.4 Å². The second kappa shape index (κ2) is 3.18. The van der Waals surface area contributed by atoms with E-state index in [-0.39, 0.29) is 0 Å². The van der Waals surface area contributed by atoms with Crippen molar-refractivity contribution in [2.45, 2.75) is 38.3 Å². The maximum atomic E-state index is 8.72. The molecule has 2 heteroatoms. The van der Waals surface area contributed by atoms with E-state index in [4.69, 9.17) is 5.11 Å². The molecule has 0 aromatic carbocycles. The third kappa shape index (κ3) is 1.66. The topological polar surface area (TPSA) is 32.3 Å². The Labute approximate surface area is 56.3 Å². The fourth-order valence-corrected chi connectivity index (χ4v) is 1.37. The molecule has 0 amide bonds. The molecule has 1 unspecified atom stereocenters. The van der Waals surface area contributed by atoms with Gasteiger partial charge in [-0.15, -0.1) is 0 Å². The Balaban J connectivity index is 2.20. The van der Waals surface area contributed by atoms with E-state index in [1.807, 2.05) is 0 Å². The third-order valence-corrected chi connectivity index (χ3v) is 2.05. The van der Waals surface area contributed by atoms with Crippen LogP contribution in [-0.2, 0) is 0 Å². The van der Waals surface area contributed by atoms with Crippen LogP contribution in [0.5, 0.6) is 0 Å². The number of aliphatic hydroxyl groups excluding tert-OH is 1. The van der Waals surface area contributed by atoms with E-state index in [0.29, 0.717) is 18.7 Å². The number of aliphatic hydroxyl groups is 1. The highest BCUT2D eigenvalue weighted by Crippen LogP contribution is 2.13. The van der Waals surface area contributed by atoms with E-state index < -0.39 is 0 Å². The fraction of sp³-hybridized carbons (Fsp3) is 1.00. The zero-order chi connectivity index (χ0) is 6.69. The lowest BCUT2D eigenvalue weighted by Gasteiger charge is -2.08. The van der Waals surface area contributed by atoms with Gasteiger partial charge in [0.2, 0.25) is 0 Å². The quantitative estimate of drug-likeness (QED) is 0.569. The molecule has 1 saturated heterocycles. The first-order valence-corrected chi connectivity index (χ1v) is 3.73. The molecule has 0 aliphatic carbocycles. The van der Waals surface area contributed by atoms with E-state index in [1.54, 1.807) is 0 Å². The molecule has 0 radical (unpaired) electrons. The van der Waals surface area contributed by atoms with Crippen molar-refractivity contribution in [1.82, 2.24) is 5.32 Å². The van der Waals surface area contributed by atoms with Gasteiger partial charge in [0.15, 0.2) is 0 Å². The van der Waals surface area contributed by atoms with Crippen LogP contribution in [0.3, 0.4) is 0 Å². The molecule has 54 valence electrons. The Morgan fingerprint density at radius 3 is 2.44 bits per heavy atom. The second-order valence-electron chi connectivity index (χ2n) is 2.73. The van der Waals surface area contributed by atoms with E-state index in [0.717, 1.165) is 6.42 Å². The summed E-state index contributed by atoms with van der Waals surface area (Å²) < 4.78 is 0. The second-order valence-corrected chi connectivity index (χ2v) is 2.73. The molecule has 1 rings (SSSR count). The molecule has 2 atom stereocenters. The van der Waals surface area contributed by atoms with Crippen LogP contribution in [0, 0.1) is 0 Å². The van der Waals surface area contributed by atoms with Crippen molar-refractivity contribution in [3.05, 3.63) is 0 Å². The van der Waals surface area contributed by atoms with Crippen molar-refractivity contribution >= 4 is 0 Å². The minimum atomic E-state index is 0.302. The average molecular weight is 129 g/mol. The largest absolute Gasteiger partial charge is 0.395 e. The molecule has 0 spiro atoms. The summed E-state index contributed by atoms with van der Waals surface area (Å²) in [6.45, 7) is 2.48. The number of hydrogen-bond acceptors (Lipinski definition) is 2. The monoisotopic (exact) mass is 129 g/mol. The lowest BCUT2D eigenvalue weighted by atomic mass is 10.2. The van der Waals surface area contributed by atoms with Crippen molar-refractivity contribution in [2.24, 2.45) is 0 Å². The van der Waals surface area contributed by atoms with Crippen LogP contribution in [0.4, 0.5) is 0 Å². The van der Waals surface area contributed by atoms with Gasteiger partial charge in [-0.2, -0.15) is 0 Å². The predicted molar refractivity (Wildman–Crippen MR) is 37.3 cm³/mol. The molecule has 1 aliphatic heterocycles. The first-order valence-electron chi connectivity index (χ1n) is 3.73. The van der Waals surface area contributed by atoms with Crippen molar-refractivity contribution in [1.29, 1.82) is 0 Å². The van der Waals surface area contributed by atoms with E-state index in [2.05, 4.69) is 12.2 Å². The van der Waals surface area contributed by atoms with Crippen LogP contribution in [0.25, 0.3) is 0 Å². The molecule has 0 bridgehead atoms. The Morgan fingerprint density at radius 2 is 2.11 bits per heavy atom. The molecular weight excluding hydrogens is 114 g/mol. The summed E-state index contributed by atoms with van der Waals surface area (Å²) >= 11 is 0. The van der Waals surface area contributed by atoms with Gasteiger partial charge in [0, 0.05) is 12.1 Å². The highest BCUT2D eigenvalue weighted by molar-refractivity contribution is 4.81. The zero-order valence-corrected chi connectivity index (χ0v) is 5.93. The van der Waals surface area contributed by atoms with Gasteiger partial charge in [-0.1, -0.05) is 6.92 Å². The first kappa shape index (κ1) is 7.03. The van der Waals surface area contributed by atoms with Gasteiger partial charge >= 0.3 is 0 Å². The molecular formula is C7H15NO. The number of nitrogens with one attached hydrogen (secondary N) is 1. The molecule has 1 aliphatic rings. The summed E-state index contributed by atoms with van der Waals surface area (Å²) in [7, 11) is 0. The summed E-state index contributed by atoms with van der Waals surface area (Å²) in [6.07, 6.45) is 3.58. The minimum Gasteiger partial charge on any atom is -0.395 e. The summed E-state index contributed by atoms with van der Waals surface area (Å²) in [5.74, 6) is 0. The van der Waals surface area contributed by atoms with E-state index >= 15 is 0 Å². The van der Waals surface area contributed by atoms with Crippen molar-refractivity contribution < 1.29 is 5.11 Å². The van der Waals surface area contributed by atoms with Crippen LogP contribution in [0.2, 0.25) is 0 Å². The maximum absolute atomic E-state index is 8.72. The molecule has 9 heavy (non-hydrogen) atoms. The van der Waals surface area contributed by atoms with Gasteiger partial charge in [0.25, 0.3) is 0 Å². The van der Waals surface area contributed by atoms with Gasteiger partial charge in [0.1, 0.15) is 0 Å². The summed E-state index contributed by atoms with van der Waals surface area (Å²) in [5.41, 5.74) is 0. The van der Waals surface area contributed by atoms with Crippen molar-refractivity contribution in [3.63, 3.8) is 0 Å². The molecule has 0 aromatic heterocycles. The zero-order valence-electron chi connectivity index (χ0n) is 5.93. The third-order valence-electron chi connectivity index (χ3n) is 2.05. The van der Waals surface area contributed by atoms with Crippen molar-refractivity contribution in [3.8, 4) is 0 Å². The molecule has 0 aromatic rings.